The van der Waals surface area contributed by atoms with Crippen LogP contribution in [0, 0.1) is 6.92 Å². The van der Waals surface area contributed by atoms with Crippen LogP contribution >= 0.6 is 0 Å². The van der Waals surface area contributed by atoms with E-state index in [1.807, 2.05) is 60.7 Å². The fourth-order valence-electron chi connectivity index (χ4n) is 5.62. The number of hydrogen-bond donors (Lipinski definition) is 1. The van der Waals surface area contributed by atoms with Crippen LogP contribution in [0.25, 0.3) is 10.8 Å². The van der Waals surface area contributed by atoms with Crippen LogP contribution in [0.4, 0.5) is 5.69 Å². The average molecular weight is 485 g/mol. The quantitative estimate of drug-likeness (QED) is 0.276. The van der Waals surface area contributed by atoms with Crippen molar-refractivity contribution in [2.75, 3.05) is 12.4 Å². The summed E-state index contributed by atoms with van der Waals surface area (Å²) in [5.74, 6) is -0.442. The van der Waals surface area contributed by atoms with Gasteiger partial charge in [-0.15, -0.1) is 0 Å². The van der Waals surface area contributed by atoms with Crippen molar-refractivity contribution < 1.29 is 9.63 Å². The van der Waals surface area contributed by atoms with Gasteiger partial charge in [-0.05, 0) is 53.1 Å². The second-order valence-corrected chi connectivity index (χ2v) is 9.54. The number of rotatable bonds is 6. The maximum Gasteiger partial charge on any atom is 0.280 e. The maximum absolute atomic E-state index is 14.1. The molecule has 1 aliphatic rings. The Hall–Kier alpha value is -4.41. The van der Waals surface area contributed by atoms with Gasteiger partial charge in [0, 0.05) is 11.3 Å². The Bertz CT molecular complexity index is 1530. The van der Waals surface area contributed by atoms with E-state index in [2.05, 4.69) is 72.9 Å². The smallest absolute Gasteiger partial charge is 0.280 e. The third-order valence-electron chi connectivity index (χ3n) is 7.28. The number of carbonyl (C=O) groups is 1. The van der Waals surface area contributed by atoms with E-state index in [1.165, 1.54) is 10.6 Å². The zero-order valence-corrected chi connectivity index (χ0v) is 20.9. The standard InChI is InChI=1S/C33H28N2O2/c1-23-17-19-28(20-18-23)34-33(31(24-11-5-3-6-12-24)25-13-7-4-8-14-25)30-22-27-16-10-9-15-26(27)21-29(30)32(36)35(33)37-2/h3-22,31,34H,1-2H3. The number of nitrogens with one attached hydrogen (secondary N) is 1. The molecule has 0 saturated heterocycles. The number of anilines is 1. The van der Waals surface area contributed by atoms with Crippen molar-refractivity contribution in [3.63, 3.8) is 0 Å². The lowest BCUT2D eigenvalue weighted by atomic mass is 9.76. The summed E-state index contributed by atoms with van der Waals surface area (Å²) in [6.07, 6.45) is 0. The molecule has 1 aliphatic heterocycles. The summed E-state index contributed by atoms with van der Waals surface area (Å²) in [6, 6.07) is 41.2. The molecule has 6 rings (SSSR count). The second-order valence-electron chi connectivity index (χ2n) is 9.54. The molecule has 5 aromatic carbocycles. The first kappa shape index (κ1) is 23.0. The van der Waals surface area contributed by atoms with E-state index >= 15 is 0 Å². The SMILES string of the molecule is CON1C(=O)c2cc3ccccc3cc2C1(Nc1ccc(C)cc1)C(c1ccccc1)c1ccccc1. The lowest BCUT2D eigenvalue weighted by Crippen LogP contribution is -2.53. The van der Waals surface area contributed by atoms with Gasteiger partial charge < -0.3 is 5.32 Å². The third kappa shape index (κ3) is 3.78. The Morgan fingerprint density at radius 1 is 0.730 bits per heavy atom. The molecule has 0 bridgehead atoms. The molecule has 0 radical (unpaired) electrons. The zero-order chi connectivity index (χ0) is 25.4. The van der Waals surface area contributed by atoms with Gasteiger partial charge in [-0.3, -0.25) is 9.63 Å². The Kier molecular flexibility index (Phi) is 5.74. The van der Waals surface area contributed by atoms with Gasteiger partial charge in [0.25, 0.3) is 5.91 Å². The van der Waals surface area contributed by atoms with Crippen molar-refractivity contribution in [2.24, 2.45) is 0 Å². The first-order chi connectivity index (χ1) is 18.1. The van der Waals surface area contributed by atoms with E-state index in [9.17, 15) is 4.79 Å². The Morgan fingerprint density at radius 2 is 1.27 bits per heavy atom. The number of aryl methyl sites for hydroxylation is 1. The number of amides is 1. The van der Waals surface area contributed by atoms with Gasteiger partial charge in [0.15, 0.2) is 5.66 Å². The largest absolute Gasteiger partial charge is 0.356 e. The summed E-state index contributed by atoms with van der Waals surface area (Å²) in [5, 5.41) is 7.43. The van der Waals surface area contributed by atoms with Crippen LogP contribution in [0.1, 0.15) is 38.5 Å². The molecular formula is C33H28N2O2. The van der Waals surface area contributed by atoms with Crippen molar-refractivity contribution in [2.45, 2.75) is 18.5 Å². The van der Waals surface area contributed by atoms with Crippen LogP contribution < -0.4 is 5.32 Å². The lowest BCUT2D eigenvalue weighted by Gasteiger charge is -2.45. The summed E-state index contributed by atoms with van der Waals surface area (Å²) in [5.41, 5.74) is 4.68. The van der Waals surface area contributed by atoms with E-state index in [4.69, 9.17) is 4.84 Å². The van der Waals surface area contributed by atoms with Crippen LogP contribution in [0.15, 0.2) is 121 Å². The van der Waals surface area contributed by atoms with Crippen molar-refractivity contribution in [1.82, 2.24) is 5.06 Å². The van der Waals surface area contributed by atoms with Crippen molar-refractivity contribution in [3.8, 4) is 0 Å². The highest BCUT2D eigenvalue weighted by molar-refractivity contribution is 6.04. The second kappa shape index (κ2) is 9.23. The summed E-state index contributed by atoms with van der Waals surface area (Å²) in [4.78, 5) is 20.0. The maximum atomic E-state index is 14.1. The van der Waals surface area contributed by atoms with Gasteiger partial charge in [0.1, 0.15) is 0 Å². The normalized spacial score (nSPS) is 16.8. The summed E-state index contributed by atoms with van der Waals surface area (Å²) in [6.45, 7) is 2.07. The van der Waals surface area contributed by atoms with Crippen LogP contribution in [0.3, 0.4) is 0 Å². The molecule has 37 heavy (non-hydrogen) atoms. The monoisotopic (exact) mass is 484 g/mol. The summed E-state index contributed by atoms with van der Waals surface area (Å²) < 4.78 is 0. The topological polar surface area (TPSA) is 41.6 Å². The van der Waals surface area contributed by atoms with Crippen LogP contribution in [0.5, 0.6) is 0 Å². The molecule has 0 aliphatic carbocycles. The molecule has 1 amide bonds. The molecule has 1 heterocycles. The molecule has 0 saturated carbocycles. The van der Waals surface area contributed by atoms with E-state index in [-0.39, 0.29) is 11.8 Å². The number of fused-ring (bicyclic) bond motifs is 2. The van der Waals surface area contributed by atoms with Gasteiger partial charge in [0.05, 0.1) is 18.6 Å². The molecule has 0 fully saturated rings. The van der Waals surface area contributed by atoms with Crippen LogP contribution in [0.2, 0.25) is 0 Å². The highest BCUT2D eigenvalue weighted by atomic mass is 16.7. The fourth-order valence-corrected chi connectivity index (χ4v) is 5.62. The lowest BCUT2D eigenvalue weighted by molar-refractivity contribution is -0.155. The Morgan fingerprint density at radius 3 is 1.84 bits per heavy atom. The van der Waals surface area contributed by atoms with E-state index < -0.39 is 5.66 Å². The number of benzene rings is 5. The van der Waals surface area contributed by atoms with Gasteiger partial charge in [0.2, 0.25) is 0 Å². The third-order valence-corrected chi connectivity index (χ3v) is 7.28. The van der Waals surface area contributed by atoms with Crippen molar-refractivity contribution in [3.05, 3.63) is 149 Å². The molecule has 0 spiro atoms. The van der Waals surface area contributed by atoms with Gasteiger partial charge >= 0.3 is 0 Å². The predicted octanol–water partition coefficient (Wildman–Crippen LogP) is 7.26. The van der Waals surface area contributed by atoms with Gasteiger partial charge in [-0.1, -0.05) is 103 Å². The first-order valence-electron chi connectivity index (χ1n) is 12.5. The Labute approximate surface area is 217 Å². The molecule has 4 nitrogen and oxygen atoms in total. The van der Waals surface area contributed by atoms with Crippen molar-refractivity contribution >= 4 is 22.4 Å². The van der Waals surface area contributed by atoms with Crippen molar-refractivity contribution in [1.29, 1.82) is 0 Å². The van der Waals surface area contributed by atoms with Gasteiger partial charge in [-0.2, -0.15) is 5.06 Å². The molecule has 1 unspecified atom stereocenters. The molecule has 0 aromatic heterocycles. The Balaban J connectivity index is 1.71. The minimum Gasteiger partial charge on any atom is -0.356 e. The fraction of sp³-hybridized carbons (Fsp3) is 0.121. The van der Waals surface area contributed by atoms with Crippen LogP contribution in [-0.4, -0.2) is 18.1 Å². The van der Waals surface area contributed by atoms with Crippen LogP contribution in [-0.2, 0) is 10.5 Å². The molecule has 1 N–H and O–H groups in total. The highest BCUT2D eigenvalue weighted by Gasteiger charge is 2.57. The average Bonchev–Trinajstić information content (AvgIpc) is 3.16. The summed E-state index contributed by atoms with van der Waals surface area (Å²) in [7, 11) is 1.57. The van der Waals surface area contributed by atoms with E-state index in [1.54, 1.807) is 7.11 Å². The molecule has 5 aromatic rings. The predicted molar refractivity (Wildman–Crippen MR) is 148 cm³/mol. The van der Waals surface area contributed by atoms with Gasteiger partial charge in [-0.25, -0.2) is 0 Å². The number of hydrogen-bond acceptors (Lipinski definition) is 3. The molecular weight excluding hydrogens is 456 g/mol. The molecule has 182 valence electrons. The van der Waals surface area contributed by atoms with E-state index in [0.29, 0.717) is 5.56 Å². The zero-order valence-electron chi connectivity index (χ0n) is 20.9. The minimum absolute atomic E-state index is 0.167. The van der Waals surface area contributed by atoms with E-state index in [0.717, 1.165) is 33.2 Å². The molecule has 4 heteroatoms. The number of nitrogens with zero attached hydrogens (tertiary/aromatic N) is 1. The number of hydroxylamine groups is 2. The highest BCUT2D eigenvalue weighted by Crippen LogP contribution is 2.52. The minimum atomic E-state index is -1.05. The first-order valence-corrected chi connectivity index (χ1v) is 12.5. The number of carbonyl (C=O) groups excluding carboxylic acids is 1. The summed E-state index contributed by atoms with van der Waals surface area (Å²) >= 11 is 0. The molecule has 1 atom stereocenters.